The van der Waals surface area contributed by atoms with Crippen LogP contribution in [0.4, 0.5) is 0 Å². The molecule has 1 rings (SSSR count). The van der Waals surface area contributed by atoms with Gasteiger partial charge in [-0.25, -0.2) is 8.42 Å². The van der Waals surface area contributed by atoms with Crippen LogP contribution >= 0.6 is 22.3 Å². The van der Waals surface area contributed by atoms with Crippen molar-refractivity contribution < 1.29 is 13.2 Å². The van der Waals surface area contributed by atoms with Gasteiger partial charge < -0.3 is 4.74 Å². The van der Waals surface area contributed by atoms with Crippen molar-refractivity contribution in [2.75, 3.05) is 12.4 Å². The first kappa shape index (κ1) is 18.6. The number of benzene rings is 1. The van der Waals surface area contributed by atoms with Crippen LogP contribution in [0.5, 0.6) is 5.75 Å². The van der Waals surface area contributed by atoms with Crippen molar-refractivity contribution in [3.05, 3.63) is 29.3 Å². The van der Waals surface area contributed by atoms with E-state index in [1.807, 2.05) is 26.0 Å². The molecule has 1 aromatic carbocycles. The largest absolute Gasteiger partial charge is 0.491 e. The topological polar surface area (TPSA) is 43.4 Å². The van der Waals surface area contributed by atoms with Crippen molar-refractivity contribution in [2.24, 2.45) is 5.41 Å². The highest BCUT2D eigenvalue weighted by atomic mass is 35.7. The summed E-state index contributed by atoms with van der Waals surface area (Å²) in [6.45, 7) is 4.35. The minimum Gasteiger partial charge on any atom is -0.491 e. The molecular formula is C15H22Cl2O3S. The summed E-state index contributed by atoms with van der Waals surface area (Å²) >= 11 is 6.07. The predicted octanol–water partition coefficient (Wildman–Crippen LogP) is 4.87. The molecule has 0 fully saturated rings. The summed E-state index contributed by atoms with van der Waals surface area (Å²) in [5, 5.41) is 0.521. The van der Waals surface area contributed by atoms with Crippen molar-refractivity contribution in [3.63, 3.8) is 0 Å². The van der Waals surface area contributed by atoms with Crippen LogP contribution in [0.25, 0.3) is 0 Å². The summed E-state index contributed by atoms with van der Waals surface area (Å²) in [7, 11) is 1.91. The quantitative estimate of drug-likeness (QED) is 0.595. The molecule has 0 radical (unpaired) electrons. The highest BCUT2D eigenvalue weighted by molar-refractivity contribution is 8.13. The van der Waals surface area contributed by atoms with Crippen LogP contribution in [0.3, 0.4) is 0 Å². The lowest BCUT2D eigenvalue weighted by molar-refractivity contribution is 0.141. The van der Waals surface area contributed by atoms with Crippen LogP contribution in [0.15, 0.2) is 24.3 Å². The monoisotopic (exact) mass is 352 g/mol. The van der Waals surface area contributed by atoms with E-state index in [4.69, 9.17) is 27.0 Å². The van der Waals surface area contributed by atoms with Gasteiger partial charge in [0.1, 0.15) is 5.75 Å². The first-order chi connectivity index (χ1) is 9.82. The summed E-state index contributed by atoms with van der Waals surface area (Å²) < 4.78 is 28.9. The van der Waals surface area contributed by atoms with Gasteiger partial charge in [0, 0.05) is 16.1 Å². The first-order valence-corrected chi connectivity index (χ1v) is 9.97. The third-order valence-corrected chi connectivity index (χ3v) is 5.01. The average molecular weight is 353 g/mol. The molecule has 0 aliphatic heterocycles. The van der Waals surface area contributed by atoms with Crippen molar-refractivity contribution in [1.82, 2.24) is 0 Å². The van der Waals surface area contributed by atoms with Crippen LogP contribution < -0.4 is 4.74 Å². The molecule has 0 saturated heterocycles. The zero-order chi connectivity index (χ0) is 15.9. The Morgan fingerprint density at radius 2 is 1.71 bits per heavy atom. The molecule has 21 heavy (non-hydrogen) atoms. The molecule has 0 amide bonds. The summed E-state index contributed by atoms with van der Waals surface area (Å²) in [6, 6.07) is 7.18. The second-order valence-electron chi connectivity index (χ2n) is 5.40. The molecule has 0 heterocycles. The minimum absolute atomic E-state index is 0.0757. The summed E-state index contributed by atoms with van der Waals surface area (Å²) in [5.41, 5.74) is -0.469. The second-order valence-corrected chi connectivity index (χ2v) is 8.59. The van der Waals surface area contributed by atoms with E-state index in [0.29, 0.717) is 17.4 Å². The Hall–Kier alpha value is -0.450. The van der Waals surface area contributed by atoms with Crippen molar-refractivity contribution in [2.45, 2.75) is 39.5 Å². The Kier molecular flexibility index (Phi) is 7.31. The molecule has 3 nitrogen and oxygen atoms in total. The third kappa shape index (κ3) is 6.45. The Labute approximate surface area is 137 Å². The molecule has 6 heteroatoms. The molecule has 0 aromatic heterocycles. The van der Waals surface area contributed by atoms with E-state index < -0.39 is 14.5 Å². The van der Waals surface area contributed by atoms with Gasteiger partial charge in [-0.05, 0) is 25.0 Å². The predicted molar refractivity (Wildman–Crippen MR) is 88.8 cm³/mol. The van der Waals surface area contributed by atoms with Gasteiger partial charge in [-0.15, -0.1) is 0 Å². The summed E-state index contributed by atoms with van der Waals surface area (Å²) in [5.74, 6) is 0.496. The van der Waals surface area contributed by atoms with Gasteiger partial charge in [0.2, 0.25) is 9.05 Å². The molecule has 0 bridgehead atoms. The maximum absolute atomic E-state index is 11.6. The fourth-order valence-corrected chi connectivity index (χ4v) is 4.66. The molecule has 0 N–H and O–H groups in total. The van der Waals surface area contributed by atoms with Crippen LogP contribution in [0, 0.1) is 5.41 Å². The van der Waals surface area contributed by atoms with E-state index in [1.54, 1.807) is 12.1 Å². The number of hydrogen-bond acceptors (Lipinski definition) is 3. The number of rotatable bonds is 9. The molecular weight excluding hydrogens is 331 g/mol. The lowest BCUT2D eigenvalue weighted by Crippen LogP contribution is -2.35. The molecule has 0 spiro atoms. The fourth-order valence-electron chi connectivity index (χ4n) is 2.67. The number of hydrogen-bond donors (Lipinski definition) is 0. The lowest BCUT2D eigenvalue weighted by atomic mass is 9.82. The SMILES string of the molecule is CCCC(CCC)(COc1ccccc1Cl)CS(=O)(=O)Cl. The number of ether oxygens (including phenoxy) is 1. The van der Waals surface area contributed by atoms with Gasteiger partial charge >= 0.3 is 0 Å². The van der Waals surface area contributed by atoms with Crippen LogP contribution in [-0.2, 0) is 9.05 Å². The smallest absolute Gasteiger partial charge is 0.233 e. The van der Waals surface area contributed by atoms with Crippen LogP contribution in [0.2, 0.25) is 5.02 Å². The van der Waals surface area contributed by atoms with Gasteiger partial charge in [-0.1, -0.05) is 50.4 Å². The normalized spacial score (nSPS) is 12.4. The van der Waals surface area contributed by atoms with E-state index in [1.165, 1.54) is 0 Å². The first-order valence-electron chi connectivity index (χ1n) is 7.11. The van der Waals surface area contributed by atoms with E-state index >= 15 is 0 Å². The van der Waals surface area contributed by atoms with E-state index in [0.717, 1.165) is 25.7 Å². The molecule has 0 aliphatic carbocycles. The molecule has 120 valence electrons. The van der Waals surface area contributed by atoms with Gasteiger partial charge in [-0.2, -0.15) is 0 Å². The average Bonchev–Trinajstić information content (AvgIpc) is 2.36. The highest BCUT2D eigenvalue weighted by Gasteiger charge is 2.34. The molecule has 0 atom stereocenters. The minimum atomic E-state index is -3.58. The number of halogens is 2. The van der Waals surface area contributed by atoms with Crippen molar-refractivity contribution in [3.8, 4) is 5.75 Å². The molecule has 0 saturated carbocycles. The summed E-state index contributed by atoms with van der Waals surface area (Å²) in [4.78, 5) is 0. The summed E-state index contributed by atoms with van der Waals surface area (Å²) in [6.07, 6.45) is 3.24. The van der Waals surface area contributed by atoms with Gasteiger partial charge in [0.15, 0.2) is 0 Å². The Morgan fingerprint density at radius 3 is 2.19 bits per heavy atom. The van der Waals surface area contributed by atoms with Crippen molar-refractivity contribution >= 4 is 31.3 Å². The van der Waals surface area contributed by atoms with Gasteiger partial charge in [0.05, 0.1) is 17.4 Å². The van der Waals surface area contributed by atoms with Gasteiger partial charge in [0.25, 0.3) is 0 Å². The maximum atomic E-state index is 11.6. The van der Waals surface area contributed by atoms with E-state index in [-0.39, 0.29) is 5.75 Å². The van der Waals surface area contributed by atoms with Crippen LogP contribution in [-0.4, -0.2) is 20.8 Å². The fraction of sp³-hybridized carbons (Fsp3) is 0.600. The Morgan fingerprint density at radius 1 is 1.14 bits per heavy atom. The standard InChI is InChI=1S/C15H22Cl2O3S/c1-3-9-15(10-4-2,12-21(17,18)19)11-20-14-8-6-5-7-13(14)16/h5-8H,3-4,9-12H2,1-2H3. The van der Waals surface area contributed by atoms with Gasteiger partial charge in [-0.3, -0.25) is 0 Å². The highest BCUT2D eigenvalue weighted by Crippen LogP contribution is 2.35. The Balaban J connectivity index is 2.92. The lowest BCUT2D eigenvalue weighted by Gasteiger charge is -2.32. The zero-order valence-electron chi connectivity index (χ0n) is 12.4. The number of para-hydroxylation sites is 1. The Bertz CT molecular complexity index is 538. The maximum Gasteiger partial charge on any atom is 0.233 e. The third-order valence-electron chi connectivity index (χ3n) is 3.41. The van der Waals surface area contributed by atoms with Crippen LogP contribution in [0.1, 0.15) is 39.5 Å². The van der Waals surface area contributed by atoms with E-state index in [9.17, 15) is 8.42 Å². The zero-order valence-corrected chi connectivity index (χ0v) is 14.8. The second kappa shape index (κ2) is 8.25. The molecule has 1 aromatic rings. The van der Waals surface area contributed by atoms with Crippen molar-refractivity contribution in [1.29, 1.82) is 0 Å². The molecule has 0 unspecified atom stereocenters. The molecule has 0 aliphatic rings. The van der Waals surface area contributed by atoms with E-state index in [2.05, 4.69) is 0 Å².